The van der Waals surface area contributed by atoms with E-state index in [-0.39, 0.29) is 23.7 Å². The molecule has 0 spiro atoms. The molecule has 2 unspecified atom stereocenters. The van der Waals surface area contributed by atoms with Crippen LogP contribution >= 0.6 is 23.2 Å². The molecule has 1 amide bonds. The molecule has 0 aliphatic heterocycles. The van der Waals surface area contributed by atoms with Gasteiger partial charge in [0.1, 0.15) is 5.69 Å². The van der Waals surface area contributed by atoms with Crippen LogP contribution in [0.3, 0.4) is 0 Å². The zero-order valence-corrected chi connectivity index (χ0v) is 14.4. The van der Waals surface area contributed by atoms with E-state index in [9.17, 15) is 4.79 Å². The van der Waals surface area contributed by atoms with Crippen LogP contribution in [0.1, 0.15) is 17.9 Å². The molecule has 1 aliphatic rings. The predicted molar refractivity (Wildman–Crippen MR) is 95.6 cm³/mol. The maximum atomic E-state index is 12.4. The summed E-state index contributed by atoms with van der Waals surface area (Å²) in [6.07, 6.45) is 2.43. The van der Waals surface area contributed by atoms with Crippen LogP contribution in [0.4, 0.5) is 5.95 Å². The first-order valence-corrected chi connectivity index (χ1v) is 8.47. The number of carbonyl (C=O) groups excluding carboxylic acids is 1. The van der Waals surface area contributed by atoms with Crippen molar-refractivity contribution in [3.05, 3.63) is 58.2 Å². The van der Waals surface area contributed by atoms with Crippen molar-refractivity contribution < 1.29 is 4.79 Å². The van der Waals surface area contributed by atoms with Crippen LogP contribution in [0.5, 0.6) is 0 Å². The second-order valence-electron chi connectivity index (χ2n) is 5.83. The smallest absolute Gasteiger partial charge is 0.249 e. The molecule has 4 rings (SSSR count). The van der Waals surface area contributed by atoms with Crippen molar-refractivity contribution in [2.45, 2.75) is 12.3 Å². The van der Waals surface area contributed by atoms with Gasteiger partial charge in [-0.1, -0.05) is 35.3 Å². The maximum Gasteiger partial charge on any atom is 0.249 e. The Hall–Kier alpha value is -2.44. The number of aromatic amines is 1. The standard InChI is InChI=1S/C17H13Cl2N5O/c18-12-5-4-9(7-13(12)19)10-8-11(10)16(25)22-17-21-15(23-24-17)14-3-1-2-6-20-14/h1-7,10-11H,8H2,(H2,21,22,23,24,25). The highest BCUT2D eigenvalue weighted by molar-refractivity contribution is 6.42. The molecule has 2 atom stereocenters. The molecule has 2 aromatic heterocycles. The molecular formula is C17H13Cl2N5O. The number of amides is 1. The number of rotatable bonds is 4. The minimum Gasteiger partial charge on any atom is -0.293 e. The van der Waals surface area contributed by atoms with Gasteiger partial charge >= 0.3 is 0 Å². The maximum absolute atomic E-state index is 12.4. The largest absolute Gasteiger partial charge is 0.293 e. The van der Waals surface area contributed by atoms with E-state index in [1.54, 1.807) is 12.3 Å². The average Bonchev–Trinajstić information content (AvgIpc) is 3.30. The number of anilines is 1. The summed E-state index contributed by atoms with van der Waals surface area (Å²) in [5.41, 5.74) is 1.68. The second kappa shape index (κ2) is 6.46. The lowest BCUT2D eigenvalue weighted by Gasteiger charge is -2.03. The number of hydrogen-bond donors (Lipinski definition) is 2. The Labute approximate surface area is 153 Å². The fourth-order valence-corrected chi connectivity index (χ4v) is 3.04. The fraction of sp³-hybridized carbons (Fsp3) is 0.176. The van der Waals surface area contributed by atoms with Gasteiger partial charge in [0.15, 0.2) is 5.82 Å². The molecule has 0 saturated heterocycles. The average molecular weight is 374 g/mol. The molecule has 1 aromatic carbocycles. The number of H-pyrrole nitrogens is 1. The normalized spacial score (nSPS) is 18.8. The van der Waals surface area contributed by atoms with Crippen molar-refractivity contribution in [2.75, 3.05) is 5.32 Å². The Morgan fingerprint density at radius 3 is 2.84 bits per heavy atom. The van der Waals surface area contributed by atoms with Gasteiger partial charge in [0.05, 0.1) is 10.0 Å². The third-order valence-corrected chi connectivity index (χ3v) is 4.87. The summed E-state index contributed by atoms with van der Waals surface area (Å²) in [5, 5.41) is 10.5. The van der Waals surface area contributed by atoms with Gasteiger partial charge in [0, 0.05) is 12.1 Å². The van der Waals surface area contributed by atoms with Gasteiger partial charge in [-0.25, -0.2) is 0 Å². The van der Waals surface area contributed by atoms with Crippen LogP contribution in [-0.2, 0) is 4.79 Å². The van der Waals surface area contributed by atoms with E-state index < -0.39 is 0 Å². The van der Waals surface area contributed by atoms with Crippen molar-refractivity contribution in [1.82, 2.24) is 20.2 Å². The SMILES string of the molecule is O=C(Nc1n[nH]c(-c2ccccn2)n1)C1CC1c1ccc(Cl)c(Cl)c1. The van der Waals surface area contributed by atoms with Gasteiger partial charge in [0.25, 0.3) is 0 Å². The minimum atomic E-state index is -0.117. The number of hydrogen-bond acceptors (Lipinski definition) is 4. The topological polar surface area (TPSA) is 83.6 Å². The predicted octanol–water partition coefficient (Wildman–Crippen LogP) is 3.92. The van der Waals surface area contributed by atoms with Gasteiger partial charge in [-0.3, -0.25) is 20.2 Å². The van der Waals surface area contributed by atoms with Crippen molar-refractivity contribution >= 4 is 35.1 Å². The number of halogens is 2. The molecule has 126 valence electrons. The number of nitrogens with one attached hydrogen (secondary N) is 2. The van der Waals surface area contributed by atoms with E-state index in [1.165, 1.54) is 0 Å². The van der Waals surface area contributed by atoms with Gasteiger partial charge in [-0.2, -0.15) is 4.98 Å². The summed E-state index contributed by atoms with van der Waals surface area (Å²) in [6.45, 7) is 0. The quantitative estimate of drug-likeness (QED) is 0.725. The first-order chi connectivity index (χ1) is 12.1. The van der Waals surface area contributed by atoms with E-state index in [2.05, 4.69) is 25.5 Å². The molecule has 8 heteroatoms. The Kier molecular flexibility index (Phi) is 4.15. The first-order valence-electron chi connectivity index (χ1n) is 7.71. The van der Waals surface area contributed by atoms with Gasteiger partial charge in [0.2, 0.25) is 11.9 Å². The summed E-state index contributed by atoms with van der Waals surface area (Å²) >= 11 is 12.0. The Morgan fingerprint density at radius 1 is 1.20 bits per heavy atom. The summed E-state index contributed by atoms with van der Waals surface area (Å²) in [4.78, 5) is 20.8. The van der Waals surface area contributed by atoms with Gasteiger partial charge < -0.3 is 0 Å². The first kappa shape index (κ1) is 16.1. The second-order valence-corrected chi connectivity index (χ2v) is 6.65. The fourth-order valence-electron chi connectivity index (χ4n) is 2.73. The molecule has 0 bridgehead atoms. The Balaban J connectivity index is 1.42. The molecule has 1 saturated carbocycles. The molecule has 1 aliphatic carbocycles. The van der Waals surface area contributed by atoms with E-state index in [0.29, 0.717) is 21.6 Å². The molecule has 25 heavy (non-hydrogen) atoms. The molecule has 2 heterocycles. The highest BCUT2D eigenvalue weighted by Gasteiger charge is 2.44. The number of carbonyl (C=O) groups is 1. The van der Waals surface area contributed by atoms with E-state index >= 15 is 0 Å². The lowest BCUT2D eigenvalue weighted by molar-refractivity contribution is -0.117. The number of aromatic nitrogens is 4. The van der Waals surface area contributed by atoms with Crippen LogP contribution in [0.25, 0.3) is 11.5 Å². The van der Waals surface area contributed by atoms with Crippen LogP contribution < -0.4 is 5.32 Å². The summed E-state index contributed by atoms with van der Waals surface area (Å²) < 4.78 is 0. The van der Waals surface area contributed by atoms with Gasteiger partial charge in [-0.15, -0.1) is 5.10 Å². The Bertz CT molecular complexity index is 928. The molecule has 3 aromatic rings. The summed E-state index contributed by atoms with van der Waals surface area (Å²) in [6, 6.07) is 11.0. The van der Waals surface area contributed by atoms with Crippen molar-refractivity contribution in [2.24, 2.45) is 5.92 Å². The highest BCUT2D eigenvalue weighted by Crippen LogP contribution is 2.48. The number of nitrogens with zero attached hydrogens (tertiary/aromatic N) is 3. The molecule has 2 N–H and O–H groups in total. The number of pyridine rings is 1. The van der Waals surface area contributed by atoms with Crippen LogP contribution in [0, 0.1) is 5.92 Å². The lowest BCUT2D eigenvalue weighted by atomic mass is 10.1. The summed E-state index contributed by atoms with van der Waals surface area (Å²) in [7, 11) is 0. The minimum absolute atomic E-state index is 0.109. The lowest BCUT2D eigenvalue weighted by Crippen LogP contribution is -2.15. The van der Waals surface area contributed by atoms with Crippen molar-refractivity contribution in [3.8, 4) is 11.5 Å². The summed E-state index contributed by atoms with van der Waals surface area (Å²) in [5.74, 6) is 0.666. The van der Waals surface area contributed by atoms with E-state index in [4.69, 9.17) is 23.2 Å². The monoisotopic (exact) mass is 373 g/mol. The zero-order valence-electron chi connectivity index (χ0n) is 12.9. The zero-order chi connectivity index (χ0) is 17.4. The van der Waals surface area contributed by atoms with Crippen molar-refractivity contribution in [1.29, 1.82) is 0 Å². The highest BCUT2D eigenvalue weighted by atomic mass is 35.5. The third kappa shape index (κ3) is 3.36. The van der Waals surface area contributed by atoms with Crippen LogP contribution in [0.2, 0.25) is 10.0 Å². The molecule has 1 fully saturated rings. The molecule has 0 radical (unpaired) electrons. The third-order valence-electron chi connectivity index (χ3n) is 4.13. The molecular weight excluding hydrogens is 361 g/mol. The van der Waals surface area contributed by atoms with E-state index in [0.717, 1.165) is 12.0 Å². The Morgan fingerprint density at radius 2 is 2.08 bits per heavy atom. The van der Waals surface area contributed by atoms with Crippen LogP contribution in [-0.4, -0.2) is 26.1 Å². The van der Waals surface area contributed by atoms with Gasteiger partial charge in [-0.05, 0) is 42.2 Å². The van der Waals surface area contributed by atoms with Crippen molar-refractivity contribution in [3.63, 3.8) is 0 Å². The molecule has 6 nitrogen and oxygen atoms in total. The van der Waals surface area contributed by atoms with E-state index in [1.807, 2.05) is 30.3 Å². The van der Waals surface area contributed by atoms with Crippen LogP contribution in [0.15, 0.2) is 42.6 Å². The number of benzene rings is 1.